The van der Waals surface area contributed by atoms with E-state index in [1.807, 2.05) is 0 Å². The highest BCUT2D eigenvalue weighted by molar-refractivity contribution is 5.87. The molecule has 0 spiro atoms. The van der Waals surface area contributed by atoms with Crippen LogP contribution in [-0.2, 0) is 4.79 Å². The van der Waals surface area contributed by atoms with Crippen molar-refractivity contribution in [3.63, 3.8) is 0 Å². The zero-order valence-electron chi connectivity index (χ0n) is 8.10. The smallest absolute Gasteiger partial charge is 0.152 e. The van der Waals surface area contributed by atoms with Crippen molar-refractivity contribution in [1.29, 1.82) is 0 Å². The van der Waals surface area contributed by atoms with Gasteiger partial charge < -0.3 is 5.73 Å². The molecule has 1 saturated carbocycles. The van der Waals surface area contributed by atoms with E-state index < -0.39 is 5.54 Å². The SMILES string of the molecule is CC(C)(N)C(=O)CC1CCCC1. The van der Waals surface area contributed by atoms with Gasteiger partial charge in [0.05, 0.1) is 5.54 Å². The third-order valence-corrected chi connectivity index (χ3v) is 2.67. The van der Waals surface area contributed by atoms with E-state index >= 15 is 0 Å². The molecule has 0 saturated heterocycles. The maximum Gasteiger partial charge on any atom is 0.152 e. The molecular weight excluding hydrogens is 150 g/mol. The zero-order valence-corrected chi connectivity index (χ0v) is 8.10. The standard InChI is InChI=1S/C10H19NO/c1-10(2,11)9(12)7-8-5-3-4-6-8/h8H,3-7,11H2,1-2H3. The maximum atomic E-state index is 11.5. The third-order valence-electron chi connectivity index (χ3n) is 2.67. The summed E-state index contributed by atoms with van der Waals surface area (Å²) in [6.07, 6.45) is 5.74. The molecule has 0 amide bonds. The minimum atomic E-state index is -0.622. The van der Waals surface area contributed by atoms with Crippen LogP contribution in [0.5, 0.6) is 0 Å². The molecule has 0 heterocycles. The Morgan fingerprint density at radius 2 is 1.92 bits per heavy atom. The van der Waals surface area contributed by atoms with Crippen LogP contribution in [0.2, 0.25) is 0 Å². The first-order valence-corrected chi connectivity index (χ1v) is 4.82. The van der Waals surface area contributed by atoms with Gasteiger partial charge in [0.1, 0.15) is 0 Å². The highest BCUT2D eigenvalue weighted by Crippen LogP contribution is 2.28. The summed E-state index contributed by atoms with van der Waals surface area (Å²) in [5.74, 6) is 0.842. The van der Waals surface area contributed by atoms with Gasteiger partial charge in [-0.1, -0.05) is 25.7 Å². The molecule has 0 unspecified atom stereocenters. The lowest BCUT2D eigenvalue weighted by Gasteiger charge is -2.18. The van der Waals surface area contributed by atoms with Crippen molar-refractivity contribution in [3.8, 4) is 0 Å². The molecule has 70 valence electrons. The van der Waals surface area contributed by atoms with Crippen LogP contribution in [0.4, 0.5) is 0 Å². The average Bonchev–Trinajstić information content (AvgIpc) is 2.37. The first kappa shape index (κ1) is 9.72. The lowest BCUT2D eigenvalue weighted by atomic mass is 9.91. The number of ketones is 1. The van der Waals surface area contributed by atoms with Crippen molar-refractivity contribution in [2.75, 3.05) is 0 Å². The molecule has 1 rings (SSSR count). The Kier molecular flexibility index (Phi) is 2.89. The van der Waals surface area contributed by atoms with Gasteiger partial charge in [-0.25, -0.2) is 0 Å². The summed E-state index contributed by atoms with van der Waals surface area (Å²) in [6.45, 7) is 3.59. The van der Waals surface area contributed by atoms with Crippen LogP contribution in [0.25, 0.3) is 0 Å². The lowest BCUT2D eigenvalue weighted by molar-refractivity contribution is -0.124. The minimum absolute atomic E-state index is 0.217. The Bertz CT molecular complexity index is 163. The molecule has 0 atom stereocenters. The normalized spacial score (nSPS) is 19.9. The van der Waals surface area contributed by atoms with Crippen LogP contribution in [0.3, 0.4) is 0 Å². The number of hydrogen-bond donors (Lipinski definition) is 1. The van der Waals surface area contributed by atoms with Gasteiger partial charge in [0.25, 0.3) is 0 Å². The molecule has 1 aliphatic rings. The number of hydrogen-bond acceptors (Lipinski definition) is 2. The lowest BCUT2D eigenvalue weighted by Crippen LogP contribution is -2.42. The van der Waals surface area contributed by atoms with Gasteiger partial charge in [-0.15, -0.1) is 0 Å². The van der Waals surface area contributed by atoms with Crippen LogP contribution < -0.4 is 5.73 Å². The van der Waals surface area contributed by atoms with Gasteiger partial charge >= 0.3 is 0 Å². The first-order chi connectivity index (χ1) is 5.50. The monoisotopic (exact) mass is 169 g/mol. The fourth-order valence-corrected chi connectivity index (χ4v) is 1.74. The molecule has 2 nitrogen and oxygen atoms in total. The zero-order chi connectivity index (χ0) is 9.19. The number of carbonyl (C=O) groups excluding carboxylic acids is 1. The Morgan fingerprint density at radius 3 is 2.33 bits per heavy atom. The molecule has 0 bridgehead atoms. The van der Waals surface area contributed by atoms with Crippen LogP contribution in [0.15, 0.2) is 0 Å². The molecule has 1 aliphatic carbocycles. The second-order valence-corrected chi connectivity index (χ2v) is 4.50. The topological polar surface area (TPSA) is 43.1 Å². The predicted molar refractivity (Wildman–Crippen MR) is 49.8 cm³/mol. The second kappa shape index (κ2) is 3.56. The van der Waals surface area contributed by atoms with Crippen molar-refractivity contribution in [2.45, 2.75) is 51.5 Å². The van der Waals surface area contributed by atoms with E-state index in [4.69, 9.17) is 5.73 Å². The molecule has 0 aromatic rings. The summed E-state index contributed by atoms with van der Waals surface area (Å²) in [7, 11) is 0. The van der Waals surface area contributed by atoms with Crippen LogP contribution >= 0.6 is 0 Å². The average molecular weight is 169 g/mol. The predicted octanol–water partition coefficient (Wildman–Crippen LogP) is 1.87. The molecule has 0 aromatic heterocycles. The second-order valence-electron chi connectivity index (χ2n) is 4.50. The third kappa shape index (κ3) is 2.59. The quantitative estimate of drug-likeness (QED) is 0.701. The highest BCUT2D eigenvalue weighted by atomic mass is 16.1. The van der Waals surface area contributed by atoms with E-state index in [1.165, 1.54) is 25.7 Å². The number of nitrogens with two attached hydrogens (primary N) is 1. The summed E-state index contributed by atoms with van der Waals surface area (Å²) in [4.78, 5) is 11.5. The molecule has 2 N–H and O–H groups in total. The molecule has 0 radical (unpaired) electrons. The summed E-state index contributed by atoms with van der Waals surface area (Å²) >= 11 is 0. The van der Waals surface area contributed by atoms with E-state index in [9.17, 15) is 4.79 Å². The number of Topliss-reactive ketones (excluding diaryl/α,β-unsaturated/α-hetero) is 1. The van der Waals surface area contributed by atoms with E-state index in [-0.39, 0.29) is 5.78 Å². The molecular formula is C10H19NO. The molecule has 2 heteroatoms. The van der Waals surface area contributed by atoms with Crippen LogP contribution in [0, 0.1) is 5.92 Å². The van der Waals surface area contributed by atoms with Gasteiger partial charge in [-0.05, 0) is 19.8 Å². The molecule has 12 heavy (non-hydrogen) atoms. The summed E-state index contributed by atoms with van der Waals surface area (Å²) in [5, 5.41) is 0. The Labute approximate surface area is 74.5 Å². The Morgan fingerprint density at radius 1 is 1.42 bits per heavy atom. The highest BCUT2D eigenvalue weighted by Gasteiger charge is 2.26. The summed E-state index contributed by atoms with van der Waals surface area (Å²) in [5.41, 5.74) is 5.09. The van der Waals surface area contributed by atoms with Gasteiger partial charge in [0, 0.05) is 6.42 Å². The van der Waals surface area contributed by atoms with Gasteiger partial charge in [-0.2, -0.15) is 0 Å². The van der Waals surface area contributed by atoms with Crippen LogP contribution in [-0.4, -0.2) is 11.3 Å². The number of carbonyl (C=O) groups is 1. The fourth-order valence-electron chi connectivity index (χ4n) is 1.74. The molecule has 0 aromatic carbocycles. The van der Waals surface area contributed by atoms with E-state index in [0.717, 1.165) is 0 Å². The van der Waals surface area contributed by atoms with Crippen molar-refractivity contribution < 1.29 is 4.79 Å². The van der Waals surface area contributed by atoms with E-state index in [0.29, 0.717) is 12.3 Å². The molecule has 0 aliphatic heterocycles. The van der Waals surface area contributed by atoms with Crippen molar-refractivity contribution in [1.82, 2.24) is 0 Å². The van der Waals surface area contributed by atoms with Gasteiger partial charge in [0.15, 0.2) is 5.78 Å². The van der Waals surface area contributed by atoms with E-state index in [1.54, 1.807) is 13.8 Å². The van der Waals surface area contributed by atoms with Crippen molar-refractivity contribution in [2.24, 2.45) is 11.7 Å². The van der Waals surface area contributed by atoms with Gasteiger partial charge in [-0.3, -0.25) is 4.79 Å². The number of rotatable bonds is 3. The van der Waals surface area contributed by atoms with Crippen molar-refractivity contribution >= 4 is 5.78 Å². The largest absolute Gasteiger partial charge is 0.319 e. The van der Waals surface area contributed by atoms with Gasteiger partial charge in [0.2, 0.25) is 0 Å². The Hall–Kier alpha value is -0.370. The van der Waals surface area contributed by atoms with E-state index in [2.05, 4.69) is 0 Å². The maximum absolute atomic E-state index is 11.5. The minimum Gasteiger partial charge on any atom is -0.319 e. The summed E-state index contributed by atoms with van der Waals surface area (Å²) < 4.78 is 0. The fraction of sp³-hybridized carbons (Fsp3) is 0.900. The molecule has 1 fully saturated rings. The van der Waals surface area contributed by atoms with Crippen LogP contribution in [0.1, 0.15) is 46.0 Å². The first-order valence-electron chi connectivity index (χ1n) is 4.82. The Balaban J connectivity index is 2.35. The van der Waals surface area contributed by atoms with Crippen molar-refractivity contribution in [3.05, 3.63) is 0 Å². The summed E-state index contributed by atoms with van der Waals surface area (Å²) in [6, 6.07) is 0.